The van der Waals surface area contributed by atoms with Crippen molar-refractivity contribution < 1.29 is 13.5 Å². The Morgan fingerprint density at radius 2 is 1.86 bits per heavy atom. The minimum atomic E-state index is -3.48. The highest BCUT2D eigenvalue weighted by molar-refractivity contribution is 9.10. The van der Waals surface area contributed by atoms with E-state index in [-0.39, 0.29) is 17.5 Å². The van der Waals surface area contributed by atoms with Crippen molar-refractivity contribution in [3.8, 4) is 0 Å². The van der Waals surface area contributed by atoms with Crippen LogP contribution in [0.15, 0.2) is 57.9 Å². The van der Waals surface area contributed by atoms with Crippen LogP contribution in [0.2, 0.25) is 0 Å². The molecule has 2 aromatic carbocycles. The maximum absolute atomic E-state index is 11.8. The van der Waals surface area contributed by atoms with Crippen molar-refractivity contribution >= 4 is 31.6 Å². The lowest BCUT2D eigenvalue weighted by Gasteiger charge is -2.19. The van der Waals surface area contributed by atoms with Crippen molar-refractivity contribution in [3.63, 3.8) is 0 Å². The first-order chi connectivity index (χ1) is 10.5. The van der Waals surface area contributed by atoms with Crippen LogP contribution in [0, 0.1) is 0 Å². The summed E-state index contributed by atoms with van der Waals surface area (Å²) in [5.74, 6) is 0. The summed E-state index contributed by atoms with van der Waals surface area (Å²) in [6.07, 6.45) is 0. The van der Waals surface area contributed by atoms with Crippen molar-refractivity contribution in [2.75, 3.05) is 19.0 Å². The number of aliphatic hydroxyl groups is 1. The van der Waals surface area contributed by atoms with Crippen LogP contribution in [0.3, 0.4) is 0 Å². The highest BCUT2D eigenvalue weighted by Crippen LogP contribution is 2.29. The molecule has 0 bridgehead atoms. The third-order valence-corrected chi connectivity index (χ3v) is 5.30. The number of sulfonamides is 1. The van der Waals surface area contributed by atoms with E-state index < -0.39 is 10.0 Å². The van der Waals surface area contributed by atoms with E-state index in [4.69, 9.17) is 0 Å². The first kappa shape index (κ1) is 17.0. The molecule has 0 aliphatic heterocycles. The van der Waals surface area contributed by atoms with E-state index in [0.717, 1.165) is 5.56 Å². The summed E-state index contributed by atoms with van der Waals surface area (Å²) in [6.45, 7) is -0.0764. The van der Waals surface area contributed by atoms with Gasteiger partial charge in [0.25, 0.3) is 0 Å². The number of hydrogen-bond acceptors (Lipinski definition) is 4. The number of rotatable bonds is 6. The normalized spacial score (nSPS) is 12.9. The van der Waals surface area contributed by atoms with Crippen LogP contribution < -0.4 is 10.0 Å². The maximum atomic E-state index is 11.8. The predicted octanol–water partition coefficient (Wildman–Crippen LogP) is 2.50. The minimum Gasteiger partial charge on any atom is -0.394 e. The van der Waals surface area contributed by atoms with Gasteiger partial charge >= 0.3 is 0 Å². The van der Waals surface area contributed by atoms with Gasteiger partial charge in [-0.2, -0.15) is 0 Å². The van der Waals surface area contributed by atoms with Gasteiger partial charge in [0.15, 0.2) is 0 Å². The smallest absolute Gasteiger partial charge is 0.240 e. The molecule has 2 aromatic rings. The molecular weight excluding hydrogens is 368 g/mol. The molecule has 0 spiro atoms. The fraction of sp³-hybridized carbons (Fsp3) is 0.200. The second-order valence-electron chi connectivity index (χ2n) is 4.64. The molecule has 1 atom stereocenters. The van der Waals surface area contributed by atoms with Crippen LogP contribution in [-0.4, -0.2) is 27.2 Å². The van der Waals surface area contributed by atoms with Crippen molar-refractivity contribution in [1.29, 1.82) is 0 Å². The monoisotopic (exact) mass is 384 g/mol. The summed E-state index contributed by atoms with van der Waals surface area (Å²) in [6, 6.07) is 14.0. The molecule has 22 heavy (non-hydrogen) atoms. The van der Waals surface area contributed by atoms with E-state index in [9.17, 15) is 13.5 Å². The molecule has 0 fully saturated rings. The average Bonchev–Trinajstić information content (AvgIpc) is 2.54. The Labute approximate surface area is 138 Å². The fourth-order valence-electron chi connectivity index (χ4n) is 2.01. The maximum Gasteiger partial charge on any atom is 0.240 e. The van der Waals surface area contributed by atoms with Crippen LogP contribution in [-0.2, 0) is 10.0 Å². The van der Waals surface area contributed by atoms with E-state index in [1.165, 1.54) is 19.2 Å². The zero-order chi connectivity index (χ0) is 16.2. The summed E-state index contributed by atoms with van der Waals surface area (Å²) in [5.41, 5.74) is 1.65. The highest BCUT2D eigenvalue weighted by Gasteiger charge is 2.15. The summed E-state index contributed by atoms with van der Waals surface area (Å²) in [7, 11) is -2.11. The molecule has 0 radical (unpaired) electrons. The lowest BCUT2D eigenvalue weighted by Crippen LogP contribution is -2.19. The van der Waals surface area contributed by atoms with E-state index in [0.29, 0.717) is 10.2 Å². The van der Waals surface area contributed by atoms with Crippen molar-refractivity contribution in [3.05, 3.63) is 58.6 Å². The molecule has 7 heteroatoms. The van der Waals surface area contributed by atoms with Gasteiger partial charge in [-0.05, 0) is 46.7 Å². The molecule has 3 N–H and O–H groups in total. The zero-order valence-electron chi connectivity index (χ0n) is 12.0. The third kappa shape index (κ3) is 3.86. The molecule has 2 rings (SSSR count). The van der Waals surface area contributed by atoms with Gasteiger partial charge in [0, 0.05) is 10.2 Å². The van der Waals surface area contributed by atoms with Gasteiger partial charge in [0.05, 0.1) is 17.5 Å². The number of hydrogen-bond donors (Lipinski definition) is 3. The van der Waals surface area contributed by atoms with Crippen LogP contribution in [0.25, 0.3) is 0 Å². The Bertz CT molecular complexity index is 736. The van der Waals surface area contributed by atoms with Crippen LogP contribution in [0.5, 0.6) is 0 Å². The zero-order valence-corrected chi connectivity index (χ0v) is 14.4. The number of anilines is 1. The number of aliphatic hydroxyl groups excluding tert-OH is 1. The molecule has 0 aromatic heterocycles. The Balaban J connectivity index is 2.27. The van der Waals surface area contributed by atoms with Gasteiger partial charge in [-0.3, -0.25) is 0 Å². The fourth-order valence-corrected chi connectivity index (χ4v) is 3.41. The minimum absolute atomic E-state index is 0.0764. The molecule has 0 saturated heterocycles. The number of benzene rings is 2. The van der Waals surface area contributed by atoms with Gasteiger partial charge < -0.3 is 10.4 Å². The lowest BCUT2D eigenvalue weighted by molar-refractivity contribution is 0.276. The molecule has 5 nitrogen and oxygen atoms in total. The summed E-state index contributed by atoms with van der Waals surface area (Å²) < 4.78 is 26.4. The lowest BCUT2D eigenvalue weighted by atomic mass is 10.1. The van der Waals surface area contributed by atoms with E-state index >= 15 is 0 Å². The molecule has 0 amide bonds. The van der Waals surface area contributed by atoms with Crippen molar-refractivity contribution in [2.24, 2.45) is 0 Å². The number of nitrogens with one attached hydrogen (secondary N) is 2. The molecule has 0 aliphatic carbocycles. The van der Waals surface area contributed by atoms with Crippen LogP contribution >= 0.6 is 15.9 Å². The summed E-state index contributed by atoms with van der Waals surface area (Å²) in [5, 5.41) is 12.8. The van der Waals surface area contributed by atoms with Crippen LogP contribution in [0.1, 0.15) is 11.6 Å². The van der Waals surface area contributed by atoms with Crippen molar-refractivity contribution in [2.45, 2.75) is 10.9 Å². The SMILES string of the molecule is CNS(=O)(=O)c1ccc(NC(CO)c2ccccc2)c(Br)c1. The second-order valence-corrected chi connectivity index (χ2v) is 7.38. The van der Waals surface area contributed by atoms with E-state index in [1.54, 1.807) is 6.07 Å². The topological polar surface area (TPSA) is 78.4 Å². The Hall–Kier alpha value is -1.41. The molecule has 0 heterocycles. The molecular formula is C15H17BrN2O3S. The summed E-state index contributed by atoms with van der Waals surface area (Å²) in [4.78, 5) is 0.174. The molecule has 1 unspecified atom stereocenters. The average molecular weight is 385 g/mol. The first-order valence-corrected chi connectivity index (χ1v) is 8.91. The Morgan fingerprint density at radius 3 is 2.41 bits per heavy atom. The molecule has 0 saturated carbocycles. The van der Waals surface area contributed by atoms with Gasteiger partial charge in [0.2, 0.25) is 10.0 Å². The van der Waals surface area contributed by atoms with E-state index in [2.05, 4.69) is 26.0 Å². The third-order valence-electron chi connectivity index (χ3n) is 3.23. The van der Waals surface area contributed by atoms with Gasteiger partial charge in [0.1, 0.15) is 0 Å². The Kier molecular flexibility index (Phi) is 5.57. The van der Waals surface area contributed by atoms with Gasteiger partial charge in [-0.25, -0.2) is 13.1 Å². The van der Waals surface area contributed by atoms with Gasteiger partial charge in [-0.15, -0.1) is 0 Å². The number of halogens is 1. The Morgan fingerprint density at radius 1 is 1.18 bits per heavy atom. The first-order valence-electron chi connectivity index (χ1n) is 6.63. The van der Waals surface area contributed by atoms with Crippen molar-refractivity contribution in [1.82, 2.24) is 4.72 Å². The predicted molar refractivity (Wildman–Crippen MR) is 90.3 cm³/mol. The van der Waals surface area contributed by atoms with Crippen LogP contribution in [0.4, 0.5) is 5.69 Å². The van der Waals surface area contributed by atoms with E-state index in [1.807, 2.05) is 30.3 Å². The standard InChI is InChI=1S/C15H17BrN2O3S/c1-17-22(20,21)12-7-8-14(13(16)9-12)18-15(10-19)11-5-3-2-4-6-11/h2-9,15,17-19H,10H2,1H3. The second kappa shape index (κ2) is 7.23. The van der Waals surface area contributed by atoms with Gasteiger partial charge in [-0.1, -0.05) is 30.3 Å². The largest absolute Gasteiger partial charge is 0.394 e. The highest BCUT2D eigenvalue weighted by atomic mass is 79.9. The summed E-state index contributed by atoms with van der Waals surface area (Å²) >= 11 is 3.36. The molecule has 0 aliphatic rings. The quantitative estimate of drug-likeness (QED) is 0.714. The molecule has 118 valence electrons.